The van der Waals surface area contributed by atoms with Crippen molar-refractivity contribution in [1.82, 2.24) is 4.90 Å². The Morgan fingerprint density at radius 1 is 1.12 bits per heavy atom. The van der Waals surface area contributed by atoms with Crippen molar-refractivity contribution in [1.29, 1.82) is 0 Å². The molecular weight excluding hydrogens is 424 g/mol. The summed E-state index contributed by atoms with van der Waals surface area (Å²) in [6.45, 7) is 0.946. The number of Topliss-reactive ketones (excluding diaryl/α,β-unsaturated/α-hetero) is 1. The number of nitrogens with one attached hydrogen (secondary N) is 1. The zero-order valence-corrected chi connectivity index (χ0v) is 19.0. The summed E-state index contributed by atoms with van der Waals surface area (Å²) in [5.74, 6) is -0.828. The second-order valence-electron chi connectivity index (χ2n) is 8.18. The zero-order chi connectivity index (χ0) is 23.7. The van der Waals surface area contributed by atoms with E-state index >= 15 is 0 Å². The first-order valence-corrected chi connectivity index (χ1v) is 10.6. The number of benzene rings is 2. The number of quaternary nitrogens is 1. The van der Waals surface area contributed by atoms with Crippen LogP contribution in [-0.2, 0) is 4.79 Å². The fraction of sp³-hybridized carbons (Fsp3) is 0.280. The minimum atomic E-state index is -0.859. The van der Waals surface area contributed by atoms with Crippen LogP contribution in [-0.4, -0.2) is 63.1 Å². The Labute approximate surface area is 191 Å². The molecule has 1 aliphatic heterocycles. The van der Waals surface area contributed by atoms with Crippen LogP contribution in [0.25, 0.3) is 11.0 Å². The molecule has 0 fully saturated rings. The van der Waals surface area contributed by atoms with Crippen molar-refractivity contribution in [2.75, 3.05) is 41.4 Å². The number of carbonyl (C=O) groups excluding carboxylic acids is 2. The molecule has 0 spiro atoms. The minimum absolute atomic E-state index is 0.0423. The fourth-order valence-corrected chi connectivity index (χ4v) is 4.14. The van der Waals surface area contributed by atoms with E-state index in [9.17, 15) is 14.7 Å². The number of hydrogen-bond donors (Lipinski definition) is 2. The van der Waals surface area contributed by atoms with Gasteiger partial charge in [-0.2, -0.15) is 0 Å². The highest BCUT2D eigenvalue weighted by atomic mass is 16.5. The van der Waals surface area contributed by atoms with Crippen LogP contribution in [0.1, 0.15) is 22.2 Å². The van der Waals surface area contributed by atoms with Gasteiger partial charge in [-0.1, -0.05) is 30.3 Å². The highest BCUT2D eigenvalue weighted by Gasteiger charge is 2.46. The lowest BCUT2D eigenvalue weighted by molar-refractivity contribution is -0.857. The number of rotatable bonds is 8. The molecular formula is C25H27N2O6+. The number of aliphatic hydroxyl groups excluding tert-OH is 1. The minimum Gasteiger partial charge on any atom is -0.503 e. The fourth-order valence-electron chi connectivity index (χ4n) is 4.14. The van der Waals surface area contributed by atoms with E-state index in [0.717, 1.165) is 10.3 Å². The molecule has 0 radical (unpaired) electrons. The number of nitrogens with zero attached hydrogens (tertiary/aromatic N) is 1. The van der Waals surface area contributed by atoms with Gasteiger partial charge in [0.05, 0.1) is 53.0 Å². The molecule has 172 valence electrons. The van der Waals surface area contributed by atoms with Crippen LogP contribution in [0.3, 0.4) is 0 Å². The molecule has 0 aliphatic carbocycles. The highest BCUT2D eigenvalue weighted by molar-refractivity contribution is 6.16. The molecule has 2 heterocycles. The van der Waals surface area contributed by atoms with Crippen LogP contribution in [0.5, 0.6) is 11.5 Å². The summed E-state index contributed by atoms with van der Waals surface area (Å²) >= 11 is 0. The predicted molar refractivity (Wildman–Crippen MR) is 122 cm³/mol. The number of para-hydroxylation sites is 2. The van der Waals surface area contributed by atoms with Crippen LogP contribution in [0.4, 0.5) is 0 Å². The molecule has 2 aromatic carbocycles. The van der Waals surface area contributed by atoms with Gasteiger partial charge in [-0.05, 0) is 18.2 Å². The van der Waals surface area contributed by atoms with Gasteiger partial charge in [0.25, 0.3) is 5.91 Å². The predicted octanol–water partition coefficient (Wildman–Crippen LogP) is 2.17. The highest BCUT2D eigenvalue weighted by Crippen LogP contribution is 2.45. The number of methoxy groups -OCH3 is 2. The summed E-state index contributed by atoms with van der Waals surface area (Å²) in [6, 6.07) is 13.3. The maximum atomic E-state index is 13.6. The number of aliphatic hydroxyl groups is 1. The average molecular weight is 451 g/mol. The molecule has 4 rings (SSSR count). The number of amides is 1. The number of carbonyl (C=O) groups is 2. The first kappa shape index (κ1) is 22.4. The second kappa shape index (κ2) is 8.99. The third-order valence-electron chi connectivity index (χ3n) is 5.78. The molecule has 2 N–H and O–H groups in total. The third kappa shape index (κ3) is 3.93. The summed E-state index contributed by atoms with van der Waals surface area (Å²) in [5.41, 5.74) is 1.05. The summed E-state index contributed by atoms with van der Waals surface area (Å²) in [7, 11) is 6.95. The number of fused-ring (bicyclic) bond motifs is 1. The average Bonchev–Trinajstić information content (AvgIpc) is 3.36. The molecule has 0 bridgehead atoms. The normalized spacial score (nSPS) is 16.2. The summed E-state index contributed by atoms with van der Waals surface area (Å²) in [6.07, 6.45) is 0. The lowest BCUT2D eigenvalue weighted by atomic mass is 9.94. The van der Waals surface area contributed by atoms with E-state index in [1.807, 2.05) is 32.3 Å². The Morgan fingerprint density at radius 3 is 2.55 bits per heavy atom. The Kier molecular flexibility index (Phi) is 6.11. The molecule has 0 saturated heterocycles. The van der Waals surface area contributed by atoms with E-state index in [0.29, 0.717) is 35.7 Å². The smallest absolute Gasteiger partial charge is 0.290 e. The standard InChI is InChI=1S/C25H26N2O6/c1-26(2)12-13-27-21(16-9-7-11-18(31-3)24(16)32-4)20(23(29)25(27)30)22(28)19-14-15-8-5-6-10-17(15)33-19/h5-11,14,21,29H,12-13H2,1-4H3/p+1/t21-/m1/s1. The van der Waals surface area contributed by atoms with Crippen molar-refractivity contribution in [2.45, 2.75) is 6.04 Å². The van der Waals surface area contributed by atoms with E-state index in [1.165, 1.54) is 19.1 Å². The monoisotopic (exact) mass is 451 g/mol. The van der Waals surface area contributed by atoms with E-state index < -0.39 is 23.5 Å². The molecule has 1 aliphatic rings. The van der Waals surface area contributed by atoms with Crippen LogP contribution >= 0.6 is 0 Å². The van der Waals surface area contributed by atoms with Crippen molar-refractivity contribution in [2.24, 2.45) is 0 Å². The Morgan fingerprint density at radius 2 is 1.88 bits per heavy atom. The van der Waals surface area contributed by atoms with Gasteiger partial charge in [-0.25, -0.2) is 0 Å². The topological polar surface area (TPSA) is 93.7 Å². The molecule has 0 unspecified atom stereocenters. The van der Waals surface area contributed by atoms with Crippen LogP contribution < -0.4 is 14.4 Å². The third-order valence-corrected chi connectivity index (χ3v) is 5.78. The van der Waals surface area contributed by atoms with Gasteiger partial charge in [0, 0.05) is 10.9 Å². The van der Waals surface area contributed by atoms with Gasteiger partial charge in [-0.3, -0.25) is 9.59 Å². The van der Waals surface area contributed by atoms with Crippen molar-refractivity contribution in [3.63, 3.8) is 0 Å². The largest absolute Gasteiger partial charge is 0.503 e. The number of ether oxygens (including phenoxy) is 2. The molecule has 1 atom stereocenters. The maximum Gasteiger partial charge on any atom is 0.290 e. The van der Waals surface area contributed by atoms with Gasteiger partial charge in [0.1, 0.15) is 5.58 Å². The summed E-state index contributed by atoms with van der Waals surface area (Å²) < 4.78 is 16.8. The lowest BCUT2D eigenvalue weighted by Gasteiger charge is -2.28. The lowest BCUT2D eigenvalue weighted by Crippen LogP contribution is -3.06. The number of likely N-dealkylation sites (N-methyl/N-ethyl adjacent to an activating group) is 1. The molecule has 3 aromatic rings. The van der Waals surface area contributed by atoms with Gasteiger partial charge < -0.3 is 28.8 Å². The first-order valence-electron chi connectivity index (χ1n) is 10.6. The zero-order valence-electron chi connectivity index (χ0n) is 19.0. The Bertz CT molecular complexity index is 1210. The number of hydrogen-bond acceptors (Lipinski definition) is 6. The number of furan rings is 1. The maximum absolute atomic E-state index is 13.6. The molecule has 1 amide bonds. The van der Waals surface area contributed by atoms with Crippen molar-refractivity contribution in [3.05, 3.63) is 71.2 Å². The Balaban J connectivity index is 1.86. The molecule has 8 heteroatoms. The van der Waals surface area contributed by atoms with E-state index in [2.05, 4.69) is 0 Å². The van der Waals surface area contributed by atoms with Crippen molar-refractivity contribution < 1.29 is 33.5 Å². The molecule has 33 heavy (non-hydrogen) atoms. The SMILES string of the molecule is COc1cccc([C@@H]2C(C(=O)c3cc4ccccc4o3)=C(O)C(=O)N2CC[NH+](C)C)c1OC. The van der Waals surface area contributed by atoms with Gasteiger partial charge in [0.15, 0.2) is 23.0 Å². The molecule has 8 nitrogen and oxygen atoms in total. The number of ketones is 1. The second-order valence-corrected chi connectivity index (χ2v) is 8.18. The van der Waals surface area contributed by atoms with Crippen LogP contribution in [0.2, 0.25) is 0 Å². The van der Waals surface area contributed by atoms with E-state index in [-0.39, 0.29) is 11.3 Å². The van der Waals surface area contributed by atoms with Crippen molar-refractivity contribution in [3.8, 4) is 11.5 Å². The summed E-state index contributed by atoms with van der Waals surface area (Å²) in [5, 5.41) is 11.6. The van der Waals surface area contributed by atoms with Crippen LogP contribution in [0, 0.1) is 0 Å². The first-order chi connectivity index (χ1) is 15.9. The Hall–Kier alpha value is -3.78. The summed E-state index contributed by atoms with van der Waals surface area (Å²) in [4.78, 5) is 29.4. The molecule has 1 aromatic heterocycles. The van der Waals surface area contributed by atoms with E-state index in [1.54, 1.807) is 30.3 Å². The van der Waals surface area contributed by atoms with Gasteiger partial charge in [0.2, 0.25) is 5.78 Å². The quantitative estimate of drug-likeness (QED) is 0.510. The van der Waals surface area contributed by atoms with Gasteiger partial charge in [-0.15, -0.1) is 0 Å². The van der Waals surface area contributed by atoms with Crippen molar-refractivity contribution >= 4 is 22.7 Å². The molecule has 0 saturated carbocycles. The van der Waals surface area contributed by atoms with Crippen LogP contribution in [0.15, 0.2) is 64.3 Å². The van der Waals surface area contributed by atoms with E-state index in [4.69, 9.17) is 13.9 Å². The van der Waals surface area contributed by atoms with Gasteiger partial charge >= 0.3 is 0 Å².